The third kappa shape index (κ3) is 11.6. The Labute approximate surface area is 347 Å². The standard InChI is InChI=1S/C44H60N8O7/c1-30-16-19-35(38(27-30)58-26-11-10-13-32(29-53)51-24-22-49(7)23-25-51)50(8)41(55)31-17-18-33(37(28-31)57-9)40(54)46-34-14-12-15-36-39(34)47-42(45-20-21-48(5)6)52(36)43(56)59-44(2,3)4/h12,14-19,27-29,32H,10-11,13,20-26H2,1-9H3,(H,45,47)(H,46,54). The number of piperazine rings is 1. The van der Waals surface area contributed by atoms with E-state index in [4.69, 9.17) is 19.2 Å². The molecule has 1 aromatic heterocycles. The van der Waals surface area contributed by atoms with Gasteiger partial charge in [-0.25, -0.2) is 14.3 Å². The molecular weight excluding hydrogens is 753 g/mol. The SMILES string of the molecule is COc1cc(C(=O)N(C)c2ccc(C)cc2OCCCCC(C=O)N2CCN(C)CC2)ccc1C(=O)Nc1cccc2c1nc(NCCN(C)C)n2C(=O)OC(C)(C)C. The Balaban J connectivity index is 1.29. The number of carbonyl (C=O) groups excluding carboxylic acids is 4. The van der Waals surface area contributed by atoms with E-state index in [9.17, 15) is 19.2 Å². The van der Waals surface area contributed by atoms with Crippen molar-refractivity contribution in [2.24, 2.45) is 0 Å². The van der Waals surface area contributed by atoms with Gasteiger partial charge in [0, 0.05) is 51.9 Å². The summed E-state index contributed by atoms with van der Waals surface area (Å²) in [7, 11) is 9.11. The Hall–Kier alpha value is -5.51. The van der Waals surface area contributed by atoms with E-state index in [2.05, 4.69) is 27.5 Å². The summed E-state index contributed by atoms with van der Waals surface area (Å²) in [6.45, 7) is 12.7. The molecule has 0 bridgehead atoms. The minimum absolute atomic E-state index is 0.0878. The van der Waals surface area contributed by atoms with Crippen LogP contribution in [0.2, 0.25) is 0 Å². The summed E-state index contributed by atoms with van der Waals surface area (Å²) in [4.78, 5) is 65.8. The lowest BCUT2D eigenvalue weighted by Crippen LogP contribution is -2.49. The maximum absolute atomic E-state index is 13.9. The van der Waals surface area contributed by atoms with E-state index in [0.717, 1.165) is 57.3 Å². The topological polar surface area (TPSA) is 151 Å². The van der Waals surface area contributed by atoms with Gasteiger partial charge in [0.25, 0.3) is 11.8 Å². The number of hydrogen-bond acceptors (Lipinski definition) is 12. The minimum atomic E-state index is -0.746. The first-order valence-corrected chi connectivity index (χ1v) is 20.1. The third-order valence-electron chi connectivity index (χ3n) is 10.1. The molecule has 0 spiro atoms. The molecule has 3 aromatic carbocycles. The lowest BCUT2D eigenvalue weighted by Gasteiger charge is -2.35. The number of aldehydes is 1. The number of aromatic nitrogens is 2. The Morgan fingerprint density at radius 2 is 1.71 bits per heavy atom. The van der Waals surface area contributed by atoms with Gasteiger partial charge in [-0.15, -0.1) is 0 Å². The van der Waals surface area contributed by atoms with Crippen LogP contribution in [-0.2, 0) is 9.53 Å². The summed E-state index contributed by atoms with van der Waals surface area (Å²) in [5.41, 5.74) is 2.56. The lowest BCUT2D eigenvalue weighted by molar-refractivity contribution is -0.113. The number of fused-ring (bicyclic) bond motifs is 1. The van der Waals surface area contributed by atoms with Crippen molar-refractivity contribution in [1.82, 2.24) is 24.3 Å². The number of aryl methyl sites for hydroxylation is 1. The predicted octanol–water partition coefficient (Wildman–Crippen LogP) is 6.00. The van der Waals surface area contributed by atoms with Crippen LogP contribution in [-0.4, -0.2) is 141 Å². The highest BCUT2D eigenvalue weighted by Crippen LogP contribution is 2.32. The second-order valence-corrected chi connectivity index (χ2v) is 16.2. The number of ether oxygens (including phenoxy) is 3. The normalized spacial score (nSPS) is 14.2. The summed E-state index contributed by atoms with van der Waals surface area (Å²) in [5, 5.41) is 6.15. The molecule has 1 atom stereocenters. The first kappa shape index (κ1) is 44.6. The van der Waals surface area contributed by atoms with E-state index in [-0.39, 0.29) is 29.2 Å². The molecule has 1 saturated heterocycles. The highest BCUT2D eigenvalue weighted by Gasteiger charge is 2.26. The number of amides is 2. The van der Waals surface area contributed by atoms with Gasteiger partial charge >= 0.3 is 6.09 Å². The van der Waals surface area contributed by atoms with Gasteiger partial charge in [-0.05, 0) is 116 Å². The highest BCUT2D eigenvalue weighted by molar-refractivity contribution is 6.12. The molecule has 1 aliphatic heterocycles. The van der Waals surface area contributed by atoms with Gasteiger partial charge in [-0.3, -0.25) is 14.5 Å². The average Bonchev–Trinajstić information content (AvgIpc) is 3.57. The van der Waals surface area contributed by atoms with Crippen molar-refractivity contribution in [3.05, 3.63) is 71.3 Å². The summed E-state index contributed by atoms with van der Waals surface area (Å²) in [6.07, 6.45) is 2.83. The van der Waals surface area contributed by atoms with E-state index >= 15 is 0 Å². The molecule has 0 saturated carbocycles. The number of imidazole rings is 1. The third-order valence-corrected chi connectivity index (χ3v) is 10.1. The number of para-hydroxylation sites is 1. The van der Waals surface area contributed by atoms with Crippen molar-refractivity contribution in [3.8, 4) is 11.5 Å². The van der Waals surface area contributed by atoms with Gasteiger partial charge in [0.1, 0.15) is 28.9 Å². The smallest absolute Gasteiger partial charge is 0.421 e. The molecule has 2 amide bonds. The lowest BCUT2D eigenvalue weighted by atomic mass is 10.1. The van der Waals surface area contributed by atoms with Crippen LogP contribution in [0.25, 0.3) is 11.0 Å². The van der Waals surface area contributed by atoms with Crippen molar-refractivity contribution >= 4 is 52.6 Å². The Morgan fingerprint density at radius 1 is 0.966 bits per heavy atom. The van der Waals surface area contributed by atoms with E-state index in [1.165, 1.54) is 22.6 Å². The molecule has 1 fully saturated rings. The van der Waals surface area contributed by atoms with Crippen molar-refractivity contribution < 1.29 is 33.4 Å². The zero-order valence-electron chi connectivity index (χ0n) is 36.0. The number of nitrogens with one attached hydrogen (secondary N) is 2. The summed E-state index contributed by atoms with van der Waals surface area (Å²) in [5.74, 6) is 0.248. The molecule has 1 unspecified atom stereocenters. The van der Waals surface area contributed by atoms with Crippen molar-refractivity contribution in [2.75, 3.05) is 96.7 Å². The Morgan fingerprint density at radius 3 is 2.39 bits per heavy atom. The number of nitrogens with zero attached hydrogens (tertiary/aromatic N) is 6. The van der Waals surface area contributed by atoms with Crippen LogP contribution in [0.3, 0.4) is 0 Å². The van der Waals surface area contributed by atoms with Crippen LogP contribution < -0.4 is 25.0 Å². The Kier molecular flexibility index (Phi) is 15.1. The average molecular weight is 813 g/mol. The maximum atomic E-state index is 13.9. The summed E-state index contributed by atoms with van der Waals surface area (Å²) < 4.78 is 18.9. The molecule has 0 radical (unpaired) electrons. The maximum Gasteiger partial charge on any atom is 0.421 e. The second-order valence-electron chi connectivity index (χ2n) is 16.2. The fraction of sp³-hybridized carbons (Fsp3) is 0.477. The molecule has 15 nitrogen and oxygen atoms in total. The quantitative estimate of drug-likeness (QED) is 0.0951. The summed E-state index contributed by atoms with van der Waals surface area (Å²) >= 11 is 0. The number of anilines is 3. The van der Waals surface area contributed by atoms with E-state index in [1.54, 1.807) is 58.2 Å². The van der Waals surface area contributed by atoms with Crippen LogP contribution in [0, 0.1) is 6.92 Å². The summed E-state index contributed by atoms with van der Waals surface area (Å²) in [6, 6.07) is 15.4. The predicted molar refractivity (Wildman–Crippen MR) is 232 cm³/mol. The molecule has 1 aliphatic rings. The van der Waals surface area contributed by atoms with Crippen LogP contribution in [0.5, 0.6) is 11.5 Å². The zero-order chi connectivity index (χ0) is 42.9. The fourth-order valence-corrected chi connectivity index (χ4v) is 6.85. The van der Waals surface area contributed by atoms with Crippen molar-refractivity contribution in [1.29, 1.82) is 0 Å². The number of benzene rings is 3. The molecule has 2 N–H and O–H groups in total. The van der Waals surface area contributed by atoms with Gasteiger partial charge in [0.2, 0.25) is 5.95 Å². The largest absolute Gasteiger partial charge is 0.496 e. The fourth-order valence-electron chi connectivity index (χ4n) is 6.85. The van der Waals surface area contributed by atoms with Crippen LogP contribution in [0.15, 0.2) is 54.6 Å². The van der Waals surface area contributed by atoms with Gasteiger partial charge in [0.05, 0.1) is 42.2 Å². The van der Waals surface area contributed by atoms with Crippen molar-refractivity contribution in [3.63, 3.8) is 0 Å². The molecule has 0 aliphatic carbocycles. The van der Waals surface area contributed by atoms with Crippen LogP contribution in [0.4, 0.5) is 22.1 Å². The van der Waals surface area contributed by atoms with Crippen LogP contribution in [0.1, 0.15) is 66.3 Å². The second kappa shape index (κ2) is 20.0. The van der Waals surface area contributed by atoms with Gasteiger partial charge in [-0.1, -0.05) is 12.1 Å². The number of carbonyl (C=O) groups is 4. The van der Waals surface area contributed by atoms with Crippen molar-refractivity contribution in [2.45, 2.75) is 58.6 Å². The van der Waals surface area contributed by atoms with Crippen LogP contribution >= 0.6 is 0 Å². The van der Waals surface area contributed by atoms with Gasteiger partial charge < -0.3 is 44.3 Å². The van der Waals surface area contributed by atoms with Gasteiger partial charge in [-0.2, -0.15) is 0 Å². The molecule has 59 heavy (non-hydrogen) atoms. The monoisotopic (exact) mass is 812 g/mol. The van der Waals surface area contributed by atoms with E-state index < -0.39 is 17.6 Å². The van der Waals surface area contributed by atoms with E-state index in [1.807, 2.05) is 44.1 Å². The first-order valence-electron chi connectivity index (χ1n) is 20.1. The highest BCUT2D eigenvalue weighted by atomic mass is 16.6. The number of unbranched alkanes of at least 4 members (excludes halogenated alkanes) is 1. The molecule has 4 aromatic rings. The Bertz CT molecular complexity index is 2100. The number of hydrogen-bond donors (Lipinski definition) is 2. The minimum Gasteiger partial charge on any atom is -0.496 e. The number of methoxy groups -OCH3 is 1. The number of rotatable bonds is 17. The zero-order valence-corrected chi connectivity index (χ0v) is 36.0. The molecular formula is C44H60N8O7. The molecule has 5 rings (SSSR count). The molecule has 15 heteroatoms. The van der Waals surface area contributed by atoms with Gasteiger partial charge in [0.15, 0.2) is 0 Å². The van der Waals surface area contributed by atoms with E-state index in [0.29, 0.717) is 53.4 Å². The number of likely N-dealkylation sites (N-methyl/N-ethyl adjacent to an activating group) is 2. The molecule has 318 valence electrons. The first-order chi connectivity index (χ1) is 28.1. The molecule has 2 heterocycles.